The van der Waals surface area contributed by atoms with Gasteiger partial charge in [0.1, 0.15) is 5.75 Å². The van der Waals surface area contributed by atoms with E-state index in [0.717, 1.165) is 21.3 Å². The van der Waals surface area contributed by atoms with Gasteiger partial charge in [0.05, 0.1) is 11.6 Å². The molecule has 0 spiro atoms. The van der Waals surface area contributed by atoms with Crippen LogP contribution >= 0.6 is 15.9 Å². The minimum absolute atomic E-state index is 0.815. The van der Waals surface area contributed by atoms with E-state index in [1.165, 1.54) is 0 Å². The van der Waals surface area contributed by atoms with E-state index in [9.17, 15) is 0 Å². The molecule has 0 unspecified atom stereocenters. The quantitative estimate of drug-likeness (QED) is 0.724. The first-order valence-electron chi connectivity index (χ1n) is 5.20. The van der Waals surface area contributed by atoms with E-state index in [1.807, 2.05) is 48.5 Å². The third-order valence-electron chi connectivity index (χ3n) is 2.28. The number of hydrogen-bond acceptors (Lipinski definition) is 1. The Morgan fingerprint density at radius 3 is 2.29 bits per heavy atom. The summed E-state index contributed by atoms with van der Waals surface area (Å²) in [6.07, 6.45) is 0. The van der Waals surface area contributed by atoms with Crippen molar-refractivity contribution in [2.24, 2.45) is 0 Å². The molecular formula is C15H11BrO. The molecule has 0 aliphatic carbocycles. The molecule has 17 heavy (non-hydrogen) atoms. The molecule has 0 radical (unpaired) electrons. The number of hydrogen-bond donors (Lipinski definition) is 0. The van der Waals surface area contributed by atoms with Crippen LogP contribution in [0.3, 0.4) is 0 Å². The average molecular weight is 287 g/mol. The molecule has 2 rings (SSSR count). The summed E-state index contributed by atoms with van der Waals surface area (Å²) in [5.74, 6) is 7.05. The fourth-order valence-electron chi connectivity index (χ4n) is 1.41. The lowest BCUT2D eigenvalue weighted by Crippen LogP contribution is -1.84. The number of methoxy groups -OCH3 is 1. The first-order valence-corrected chi connectivity index (χ1v) is 5.99. The summed E-state index contributed by atoms with van der Waals surface area (Å²) in [6.45, 7) is 0. The Morgan fingerprint density at radius 1 is 0.941 bits per heavy atom. The van der Waals surface area contributed by atoms with Gasteiger partial charge in [-0.25, -0.2) is 0 Å². The normalized spacial score (nSPS) is 9.29. The fourth-order valence-corrected chi connectivity index (χ4v) is 1.95. The van der Waals surface area contributed by atoms with E-state index < -0.39 is 0 Å². The van der Waals surface area contributed by atoms with Gasteiger partial charge < -0.3 is 4.74 Å². The zero-order valence-corrected chi connectivity index (χ0v) is 11.0. The summed E-state index contributed by atoms with van der Waals surface area (Å²) in [4.78, 5) is 0. The standard InChI is InChI=1S/C15H11BrO/c1-17-15-10-9-13(11-14(15)16)8-7-12-5-3-2-4-6-12/h2-6,9-11H,1H3. The van der Waals surface area contributed by atoms with Gasteiger partial charge in [-0.05, 0) is 46.3 Å². The van der Waals surface area contributed by atoms with Gasteiger partial charge in [-0.1, -0.05) is 30.0 Å². The lowest BCUT2D eigenvalue weighted by Gasteiger charge is -2.02. The maximum atomic E-state index is 5.17. The van der Waals surface area contributed by atoms with E-state index in [0.29, 0.717) is 0 Å². The summed E-state index contributed by atoms with van der Waals surface area (Å²) in [5, 5.41) is 0. The Hall–Kier alpha value is -1.72. The van der Waals surface area contributed by atoms with Crippen molar-refractivity contribution >= 4 is 15.9 Å². The van der Waals surface area contributed by atoms with E-state index in [4.69, 9.17) is 4.74 Å². The number of halogens is 1. The van der Waals surface area contributed by atoms with Gasteiger partial charge in [0.15, 0.2) is 0 Å². The molecule has 1 nitrogen and oxygen atoms in total. The summed E-state index contributed by atoms with van der Waals surface area (Å²) in [7, 11) is 1.65. The third-order valence-corrected chi connectivity index (χ3v) is 2.90. The molecule has 2 aromatic rings. The molecular weight excluding hydrogens is 276 g/mol. The first kappa shape index (κ1) is 11.8. The van der Waals surface area contributed by atoms with Crippen molar-refractivity contribution in [2.75, 3.05) is 7.11 Å². The second-order valence-corrected chi connectivity index (χ2v) is 4.32. The number of benzene rings is 2. The lowest BCUT2D eigenvalue weighted by molar-refractivity contribution is 0.412. The van der Waals surface area contributed by atoms with Crippen molar-refractivity contribution in [1.29, 1.82) is 0 Å². The summed E-state index contributed by atoms with van der Waals surface area (Å²) >= 11 is 3.44. The highest BCUT2D eigenvalue weighted by molar-refractivity contribution is 9.10. The van der Waals surface area contributed by atoms with Gasteiger partial charge in [0, 0.05) is 11.1 Å². The smallest absolute Gasteiger partial charge is 0.133 e. The highest BCUT2D eigenvalue weighted by Crippen LogP contribution is 2.25. The fraction of sp³-hybridized carbons (Fsp3) is 0.0667. The van der Waals surface area contributed by atoms with Crippen LogP contribution in [0.2, 0.25) is 0 Å². The lowest BCUT2D eigenvalue weighted by atomic mass is 10.2. The van der Waals surface area contributed by atoms with Crippen molar-refractivity contribution in [1.82, 2.24) is 0 Å². The third kappa shape index (κ3) is 3.12. The molecule has 2 heteroatoms. The summed E-state index contributed by atoms with van der Waals surface area (Å²) in [6, 6.07) is 15.7. The van der Waals surface area contributed by atoms with E-state index in [2.05, 4.69) is 27.8 Å². The van der Waals surface area contributed by atoms with Gasteiger partial charge in [-0.2, -0.15) is 0 Å². The Labute approximate surface area is 110 Å². The maximum absolute atomic E-state index is 5.17. The molecule has 0 aromatic heterocycles. The molecule has 0 saturated heterocycles. The molecule has 0 aliphatic rings. The Kier molecular flexibility index (Phi) is 3.85. The molecule has 0 aliphatic heterocycles. The molecule has 0 amide bonds. The van der Waals surface area contributed by atoms with Crippen molar-refractivity contribution in [2.45, 2.75) is 0 Å². The van der Waals surface area contributed by atoms with Crippen LogP contribution in [0.25, 0.3) is 0 Å². The minimum Gasteiger partial charge on any atom is -0.496 e. The molecule has 84 valence electrons. The van der Waals surface area contributed by atoms with Crippen molar-refractivity contribution in [3.05, 3.63) is 64.1 Å². The molecule has 0 fully saturated rings. The number of rotatable bonds is 1. The molecule has 2 aromatic carbocycles. The second kappa shape index (κ2) is 5.56. The summed E-state index contributed by atoms with van der Waals surface area (Å²) in [5.41, 5.74) is 1.97. The van der Waals surface area contributed by atoms with Gasteiger partial charge in [0.2, 0.25) is 0 Å². The van der Waals surface area contributed by atoms with Gasteiger partial charge >= 0.3 is 0 Å². The van der Waals surface area contributed by atoms with E-state index in [-0.39, 0.29) is 0 Å². The van der Waals surface area contributed by atoms with Crippen LogP contribution in [0.15, 0.2) is 53.0 Å². The van der Waals surface area contributed by atoms with E-state index >= 15 is 0 Å². The summed E-state index contributed by atoms with van der Waals surface area (Å²) < 4.78 is 6.08. The Morgan fingerprint density at radius 2 is 1.65 bits per heavy atom. The second-order valence-electron chi connectivity index (χ2n) is 3.47. The largest absolute Gasteiger partial charge is 0.496 e. The van der Waals surface area contributed by atoms with Crippen LogP contribution in [-0.4, -0.2) is 7.11 Å². The van der Waals surface area contributed by atoms with Crippen molar-refractivity contribution in [3.63, 3.8) is 0 Å². The highest BCUT2D eigenvalue weighted by Gasteiger charge is 1.98. The number of ether oxygens (including phenoxy) is 1. The molecule has 0 saturated carbocycles. The Bertz CT molecular complexity index is 564. The predicted molar refractivity (Wildman–Crippen MR) is 73.1 cm³/mol. The minimum atomic E-state index is 0.815. The van der Waals surface area contributed by atoms with Gasteiger partial charge in [-0.15, -0.1) is 0 Å². The van der Waals surface area contributed by atoms with Crippen molar-refractivity contribution < 1.29 is 4.74 Å². The van der Waals surface area contributed by atoms with Crippen LogP contribution in [0.5, 0.6) is 5.75 Å². The van der Waals surface area contributed by atoms with Gasteiger partial charge in [-0.3, -0.25) is 0 Å². The Balaban J connectivity index is 2.26. The molecule has 0 atom stereocenters. The maximum Gasteiger partial charge on any atom is 0.133 e. The zero-order valence-electron chi connectivity index (χ0n) is 9.41. The van der Waals surface area contributed by atoms with Crippen LogP contribution in [-0.2, 0) is 0 Å². The average Bonchev–Trinajstić information content (AvgIpc) is 2.38. The van der Waals surface area contributed by atoms with Crippen molar-refractivity contribution in [3.8, 4) is 17.6 Å². The topological polar surface area (TPSA) is 9.23 Å². The van der Waals surface area contributed by atoms with Crippen LogP contribution in [0, 0.1) is 11.8 Å². The van der Waals surface area contributed by atoms with E-state index in [1.54, 1.807) is 7.11 Å². The SMILES string of the molecule is COc1ccc(C#Cc2ccccc2)cc1Br. The predicted octanol–water partition coefficient (Wildman–Crippen LogP) is 3.86. The zero-order chi connectivity index (χ0) is 12.1. The van der Waals surface area contributed by atoms with Crippen LogP contribution in [0.4, 0.5) is 0 Å². The molecule has 0 heterocycles. The highest BCUT2D eigenvalue weighted by atomic mass is 79.9. The van der Waals surface area contributed by atoms with Gasteiger partial charge in [0.25, 0.3) is 0 Å². The molecule has 0 bridgehead atoms. The first-order chi connectivity index (χ1) is 8.29. The monoisotopic (exact) mass is 286 g/mol. The van der Waals surface area contributed by atoms with Crippen LogP contribution in [0.1, 0.15) is 11.1 Å². The van der Waals surface area contributed by atoms with Crippen LogP contribution < -0.4 is 4.74 Å². The molecule has 0 N–H and O–H groups in total.